The van der Waals surface area contributed by atoms with E-state index in [1.807, 2.05) is 25.5 Å². The standard InChI is InChI=1S/C16H23N3O3/c1-10(2)19-11(3)13(7-17-19)14(20)18-8-12-5-4-6-16(12,9-18)15(21)22/h7,10,12H,4-6,8-9H2,1-3H3,(H,21,22)/t12-,16+/m0/s1. The largest absolute Gasteiger partial charge is 0.481 e. The van der Waals surface area contributed by atoms with E-state index in [1.165, 1.54) is 0 Å². The number of likely N-dealkylation sites (tertiary alicyclic amines) is 1. The molecule has 0 radical (unpaired) electrons. The maximum atomic E-state index is 12.8. The molecule has 1 aliphatic heterocycles. The lowest BCUT2D eigenvalue weighted by Crippen LogP contribution is -2.37. The topological polar surface area (TPSA) is 75.4 Å². The van der Waals surface area contributed by atoms with Crippen molar-refractivity contribution < 1.29 is 14.7 Å². The minimum atomic E-state index is -0.750. The lowest BCUT2D eigenvalue weighted by atomic mass is 9.81. The van der Waals surface area contributed by atoms with Crippen molar-refractivity contribution in [3.05, 3.63) is 17.5 Å². The predicted molar refractivity (Wildman–Crippen MR) is 80.7 cm³/mol. The molecule has 2 heterocycles. The van der Waals surface area contributed by atoms with Crippen LogP contribution in [0.2, 0.25) is 0 Å². The maximum Gasteiger partial charge on any atom is 0.311 e. The summed E-state index contributed by atoms with van der Waals surface area (Å²) in [7, 11) is 0. The van der Waals surface area contributed by atoms with E-state index in [1.54, 1.807) is 11.1 Å². The van der Waals surface area contributed by atoms with Crippen molar-refractivity contribution in [3.63, 3.8) is 0 Å². The Hall–Kier alpha value is -1.85. The second kappa shape index (κ2) is 5.11. The van der Waals surface area contributed by atoms with Crippen LogP contribution in [0.5, 0.6) is 0 Å². The van der Waals surface area contributed by atoms with E-state index < -0.39 is 11.4 Å². The van der Waals surface area contributed by atoms with E-state index >= 15 is 0 Å². The molecule has 1 aliphatic carbocycles. The van der Waals surface area contributed by atoms with Gasteiger partial charge in [0.1, 0.15) is 0 Å². The van der Waals surface area contributed by atoms with Crippen molar-refractivity contribution >= 4 is 11.9 Å². The summed E-state index contributed by atoms with van der Waals surface area (Å²) in [6.07, 6.45) is 4.14. The van der Waals surface area contributed by atoms with Gasteiger partial charge in [-0.3, -0.25) is 14.3 Å². The van der Waals surface area contributed by atoms with Crippen LogP contribution >= 0.6 is 0 Å². The molecule has 1 aromatic heterocycles. The molecule has 3 rings (SSSR count). The molecule has 22 heavy (non-hydrogen) atoms. The smallest absolute Gasteiger partial charge is 0.311 e. The molecule has 1 saturated heterocycles. The molecular formula is C16H23N3O3. The Morgan fingerprint density at radius 1 is 1.45 bits per heavy atom. The van der Waals surface area contributed by atoms with Gasteiger partial charge in [0, 0.05) is 24.8 Å². The van der Waals surface area contributed by atoms with Gasteiger partial charge >= 0.3 is 5.97 Å². The number of aliphatic carboxylic acids is 1. The van der Waals surface area contributed by atoms with Gasteiger partial charge in [-0.05, 0) is 39.5 Å². The lowest BCUT2D eigenvalue weighted by Gasteiger charge is -2.23. The monoisotopic (exact) mass is 305 g/mol. The summed E-state index contributed by atoms with van der Waals surface area (Å²) in [5.74, 6) is -0.742. The first kappa shape index (κ1) is 15.1. The van der Waals surface area contributed by atoms with Crippen molar-refractivity contribution in [1.82, 2.24) is 14.7 Å². The van der Waals surface area contributed by atoms with Crippen molar-refractivity contribution in [3.8, 4) is 0 Å². The van der Waals surface area contributed by atoms with Crippen LogP contribution in [0, 0.1) is 18.3 Å². The average molecular weight is 305 g/mol. The number of carboxylic acid groups (broad SMARTS) is 1. The number of carbonyl (C=O) groups is 2. The minimum absolute atomic E-state index is 0.0839. The first-order valence-corrected chi connectivity index (χ1v) is 7.93. The van der Waals surface area contributed by atoms with Crippen molar-refractivity contribution in [2.75, 3.05) is 13.1 Å². The molecule has 2 fully saturated rings. The Labute approximate surface area is 130 Å². The van der Waals surface area contributed by atoms with Crippen LogP contribution in [0.3, 0.4) is 0 Å². The molecule has 6 heteroatoms. The normalized spacial score (nSPS) is 27.5. The summed E-state index contributed by atoms with van der Waals surface area (Å²) < 4.78 is 1.83. The molecule has 0 spiro atoms. The number of carboxylic acids is 1. The third-order valence-electron chi connectivity index (χ3n) is 5.35. The second-order valence-corrected chi connectivity index (χ2v) is 6.92. The molecular weight excluding hydrogens is 282 g/mol. The fourth-order valence-electron chi connectivity index (χ4n) is 4.12. The van der Waals surface area contributed by atoms with E-state index in [0.29, 0.717) is 25.1 Å². The van der Waals surface area contributed by atoms with Crippen molar-refractivity contribution in [2.24, 2.45) is 11.3 Å². The van der Waals surface area contributed by atoms with Crippen molar-refractivity contribution in [2.45, 2.75) is 46.1 Å². The highest BCUT2D eigenvalue weighted by Crippen LogP contribution is 2.49. The van der Waals surface area contributed by atoms with Crippen LogP contribution in [-0.2, 0) is 4.79 Å². The summed E-state index contributed by atoms with van der Waals surface area (Å²) >= 11 is 0. The third-order valence-corrected chi connectivity index (χ3v) is 5.35. The quantitative estimate of drug-likeness (QED) is 0.928. The van der Waals surface area contributed by atoms with Gasteiger partial charge in [0.2, 0.25) is 0 Å². The maximum absolute atomic E-state index is 12.8. The summed E-state index contributed by atoms with van der Waals surface area (Å²) in [6.45, 7) is 6.82. The molecule has 2 aliphatic rings. The zero-order chi connectivity index (χ0) is 16.1. The number of aromatic nitrogens is 2. The molecule has 0 aromatic carbocycles. The number of amides is 1. The van der Waals surface area contributed by atoms with Gasteiger partial charge in [-0.2, -0.15) is 5.10 Å². The number of rotatable bonds is 3. The molecule has 0 unspecified atom stereocenters. The Balaban J connectivity index is 1.84. The van der Waals surface area contributed by atoms with Gasteiger partial charge in [-0.1, -0.05) is 6.42 Å². The zero-order valence-corrected chi connectivity index (χ0v) is 13.4. The fraction of sp³-hybridized carbons (Fsp3) is 0.688. The highest BCUT2D eigenvalue weighted by atomic mass is 16.4. The van der Waals surface area contributed by atoms with Gasteiger partial charge in [-0.15, -0.1) is 0 Å². The van der Waals surface area contributed by atoms with Crippen LogP contribution in [-0.4, -0.2) is 44.8 Å². The highest BCUT2D eigenvalue weighted by Gasteiger charge is 2.55. The van der Waals surface area contributed by atoms with Gasteiger partial charge in [0.25, 0.3) is 5.91 Å². The number of nitrogens with zero attached hydrogens (tertiary/aromatic N) is 3. The van der Waals surface area contributed by atoms with Crippen LogP contribution in [0.1, 0.15) is 55.2 Å². The number of hydrogen-bond acceptors (Lipinski definition) is 3. The molecule has 6 nitrogen and oxygen atoms in total. The fourth-order valence-corrected chi connectivity index (χ4v) is 4.12. The van der Waals surface area contributed by atoms with E-state index in [9.17, 15) is 14.7 Å². The Kier molecular flexibility index (Phi) is 3.50. The molecule has 1 N–H and O–H groups in total. The van der Waals surface area contributed by atoms with Crippen LogP contribution in [0.25, 0.3) is 0 Å². The Bertz CT molecular complexity index is 622. The first-order valence-electron chi connectivity index (χ1n) is 7.93. The summed E-state index contributed by atoms with van der Waals surface area (Å²) in [6, 6.07) is 0.199. The Morgan fingerprint density at radius 3 is 2.73 bits per heavy atom. The summed E-state index contributed by atoms with van der Waals surface area (Å²) in [4.78, 5) is 26.2. The summed E-state index contributed by atoms with van der Waals surface area (Å²) in [5.41, 5.74) is 0.716. The summed E-state index contributed by atoms with van der Waals surface area (Å²) in [5, 5.41) is 13.9. The number of fused-ring (bicyclic) bond motifs is 1. The van der Waals surface area contributed by atoms with Gasteiger partial charge in [0.15, 0.2) is 0 Å². The third kappa shape index (κ3) is 2.04. The Morgan fingerprint density at radius 2 is 2.18 bits per heavy atom. The molecule has 1 saturated carbocycles. The van der Waals surface area contributed by atoms with E-state index in [4.69, 9.17) is 0 Å². The molecule has 2 atom stereocenters. The second-order valence-electron chi connectivity index (χ2n) is 6.92. The van der Waals surface area contributed by atoms with Crippen LogP contribution in [0.15, 0.2) is 6.20 Å². The lowest BCUT2D eigenvalue weighted by molar-refractivity contribution is -0.149. The first-order chi connectivity index (χ1) is 10.4. The van der Waals surface area contributed by atoms with E-state index in [0.717, 1.165) is 18.5 Å². The van der Waals surface area contributed by atoms with Crippen LogP contribution in [0.4, 0.5) is 0 Å². The molecule has 0 bridgehead atoms. The van der Waals surface area contributed by atoms with E-state index in [2.05, 4.69) is 5.10 Å². The van der Waals surface area contributed by atoms with Gasteiger partial charge in [0.05, 0.1) is 17.2 Å². The number of carbonyl (C=O) groups excluding carboxylic acids is 1. The highest BCUT2D eigenvalue weighted by molar-refractivity contribution is 5.96. The van der Waals surface area contributed by atoms with Gasteiger partial charge < -0.3 is 10.0 Å². The van der Waals surface area contributed by atoms with Gasteiger partial charge in [-0.25, -0.2) is 0 Å². The zero-order valence-electron chi connectivity index (χ0n) is 13.4. The molecule has 120 valence electrons. The van der Waals surface area contributed by atoms with Crippen molar-refractivity contribution in [1.29, 1.82) is 0 Å². The van der Waals surface area contributed by atoms with E-state index in [-0.39, 0.29) is 17.9 Å². The molecule has 1 aromatic rings. The predicted octanol–water partition coefficient (Wildman–Crippen LogP) is 2.10. The average Bonchev–Trinajstić information content (AvgIpc) is 3.08. The molecule has 1 amide bonds. The number of hydrogen-bond donors (Lipinski definition) is 1. The SMILES string of the molecule is Cc1c(C(=O)N2C[C@@H]3CCC[C@@]3(C(=O)O)C2)cnn1C(C)C. The minimum Gasteiger partial charge on any atom is -0.481 e. The van der Waals surface area contributed by atoms with Crippen LogP contribution < -0.4 is 0 Å².